The number of hydrogen-bond acceptors (Lipinski definition) is 5. The van der Waals surface area contributed by atoms with Gasteiger partial charge in [0.1, 0.15) is 18.0 Å². The van der Waals surface area contributed by atoms with E-state index >= 15 is 0 Å². The lowest BCUT2D eigenvalue weighted by Crippen LogP contribution is -2.46. The van der Waals surface area contributed by atoms with Crippen LogP contribution in [0.2, 0.25) is 5.02 Å². The maximum absolute atomic E-state index is 11.8. The zero-order valence-electron chi connectivity index (χ0n) is 15.2. The summed E-state index contributed by atoms with van der Waals surface area (Å²) in [7, 11) is 1.67. The molecule has 1 fully saturated rings. The van der Waals surface area contributed by atoms with Crippen LogP contribution >= 0.6 is 11.6 Å². The summed E-state index contributed by atoms with van der Waals surface area (Å²) >= 11 is 6.21. The Hall–Kier alpha value is -2.02. The molecule has 2 heterocycles. The average Bonchev–Trinajstić information content (AvgIpc) is 2.98. The summed E-state index contributed by atoms with van der Waals surface area (Å²) in [5, 5.41) is 6.96. The minimum Gasteiger partial charge on any atom is -0.459 e. The zero-order chi connectivity index (χ0) is 18.4. The fourth-order valence-electron chi connectivity index (χ4n) is 2.60. The second kappa shape index (κ2) is 8.38. The van der Waals surface area contributed by atoms with Crippen LogP contribution in [0.1, 0.15) is 27.2 Å². The number of aliphatic imine (C=N–C) groups is 1. The summed E-state index contributed by atoms with van der Waals surface area (Å²) in [6, 6.07) is 3.86. The predicted molar refractivity (Wildman–Crippen MR) is 100 cm³/mol. The van der Waals surface area contributed by atoms with Gasteiger partial charge in [0.2, 0.25) is 0 Å². The van der Waals surface area contributed by atoms with Crippen LogP contribution in [0, 0.1) is 0 Å². The first-order chi connectivity index (χ1) is 11.8. The molecule has 138 valence electrons. The Kier molecular flexibility index (Phi) is 6.47. The number of aromatic nitrogens is 1. The maximum Gasteiger partial charge on any atom is 0.325 e. The van der Waals surface area contributed by atoms with Gasteiger partial charge >= 0.3 is 5.97 Å². The average molecular weight is 368 g/mol. The van der Waals surface area contributed by atoms with E-state index in [-0.39, 0.29) is 18.6 Å². The van der Waals surface area contributed by atoms with Gasteiger partial charge in [-0.2, -0.15) is 0 Å². The third-order valence-electron chi connectivity index (χ3n) is 3.61. The summed E-state index contributed by atoms with van der Waals surface area (Å²) in [5.41, 5.74) is -0.496. The molecule has 1 atom stereocenters. The molecular weight excluding hydrogens is 342 g/mol. The highest BCUT2D eigenvalue weighted by molar-refractivity contribution is 6.32. The molecule has 0 radical (unpaired) electrons. The highest BCUT2D eigenvalue weighted by Gasteiger charge is 2.25. The molecule has 0 saturated carbocycles. The first-order valence-corrected chi connectivity index (χ1v) is 8.71. The Labute approximate surface area is 153 Å². The quantitative estimate of drug-likeness (QED) is 0.480. The summed E-state index contributed by atoms with van der Waals surface area (Å²) in [6.45, 7) is 7.22. The third-order valence-corrected chi connectivity index (χ3v) is 3.91. The lowest BCUT2D eigenvalue weighted by atomic mass is 10.2. The largest absolute Gasteiger partial charge is 0.459 e. The summed E-state index contributed by atoms with van der Waals surface area (Å²) in [6.07, 6.45) is 2.67. The Balaban J connectivity index is 1.83. The number of nitrogens with one attached hydrogen (secondary N) is 2. The Morgan fingerprint density at radius 3 is 2.92 bits per heavy atom. The highest BCUT2D eigenvalue weighted by Crippen LogP contribution is 2.25. The molecular formula is C17H26ClN5O2. The van der Waals surface area contributed by atoms with Gasteiger partial charge in [0.15, 0.2) is 5.96 Å². The second-order valence-electron chi connectivity index (χ2n) is 6.90. The van der Waals surface area contributed by atoms with Crippen molar-refractivity contribution >= 4 is 29.3 Å². The number of pyridine rings is 1. The molecule has 8 heteroatoms. The molecule has 0 bridgehead atoms. The van der Waals surface area contributed by atoms with E-state index in [4.69, 9.17) is 16.3 Å². The van der Waals surface area contributed by atoms with E-state index in [2.05, 4.69) is 25.5 Å². The van der Waals surface area contributed by atoms with Crippen molar-refractivity contribution in [2.24, 2.45) is 4.99 Å². The van der Waals surface area contributed by atoms with E-state index in [0.29, 0.717) is 11.0 Å². The van der Waals surface area contributed by atoms with Gasteiger partial charge in [-0.15, -0.1) is 0 Å². The van der Waals surface area contributed by atoms with E-state index in [9.17, 15) is 4.79 Å². The van der Waals surface area contributed by atoms with Crippen LogP contribution in [0.4, 0.5) is 5.82 Å². The van der Waals surface area contributed by atoms with E-state index < -0.39 is 5.60 Å². The van der Waals surface area contributed by atoms with Crippen LogP contribution in [-0.4, -0.2) is 55.2 Å². The van der Waals surface area contributed by atoms with Crippen LogP contribution < -0.4 is 15.5 Å². The van der Waals surface area contributed by atoms with Crippen molar-refractivity contribution in [3.63, 3.8) is 0 Å². The van der Waals surface area contributed by atoms with E-state index in [1.807, 2.05) is 32.9 Å². The third kappa shape index (κ3) is 6.08. The predicted octanol–water partition coefficient (Wildman–Crippen LogP) is 1.82. The van der Waals surface area contributed by atoms with Gasteiger partial charge in [0, 0.05) is 32.4 Å². The molecule has 1 saturated heterocycles. The van der Waals surface area contributed by atoms with Crippen LogP contribution in [0.25, 0.3) is 0 Å². The molecule has 2 rings (SSSR count). The molecule has 0 aliphatic carbocycles. The number of rotatable bonds is 4. The van der Waals surface area contributed by atoms with Crippen LogP contribution in [-0.2, 0) is 9.53 Å². The van der Waals surface area contributed by atoms with Gasteiger partial charge in [-0.1, -0.05) is 11.6 Å². The number of nitrogens with zero attached hydrogens (tertiary/aromatic N) is 3. The second-order valence-corrected chi connectivity index (χ2v) is 7.30. The number of anilines is 1. The van der Waals surface area contributed by atoms with E-state index in [1.165, 1.54) is 0 Å². The van der Waals surface area contributed by atoms with E-state index in [1.54, 1.807) is 13.2 Å². The first kappa shape index (κ1) is 19.3. The minimum absolute atomic E-state index is 0.0689. The summed E-state index contributed by atoms with van der Waals surface area (Å²) < 4.78 is 5.28. The normalized spacial score (nSPS) is 18.2. The van der Waals surface area contributed by atoms with Crippen molar-refractivity contribution in [1.82, 2.24) is 15.6 Å². The topological polar surface area (TPSA) is 78.8 Å². The molecule has 25 heavy (non-hydrogen) atoms. The molecule has 1 aliphatic heterocycles. The van der Waals surface area contributed by atoms with Crippen LogP contribution in [0.3, 0.4) is 0 Å². The van der Waals surface area contributed by atoms with Crippen molar-refractivity contribution in [3.05, 3.63) is 23.4 Å². The fraction of sp³-hybridized carbons (Fsp3) is 0.588. The van der Waals surface area contributed by atoms with Crippen molar-refractivity contribution < 1.29 is 9.53 Å². The molecule has 0 aromatic carbocycles. The van der Waals surface area contributed by atoms with Gasteiger partial charge in [0.25, 0.3) is 0 Å². The minimum atomic E-state index is -0.496. The van der Waals surface area contributed by atoms with Crippen molar-refractivity contribution in [3.8, 4) is 0 Å². The molecule has 1 aliphatic rings. The van der Waals surface area contributed by atoms with Gasteiger partial charge in [-0.25, -0.2) is 4.98 Å². The SMILES string of the molecule is CN=C(NCC(=O)OC(C)(C)C)NC1CCN(c2ncccc2Cl)C1. The zero-order valence-corrected chi connectivity index (χ0v) is 15.9. The number of carbonyl (C=O) groups is 1. The Bertz CT molecular complexity index is 630. The summed E-state index contributed by atoms with van der Waals surface area (Å²) in [4.78, 5) is 22.4. The number of esters is 1. The fourth-order valence-corrected chi connectivity index (χ4v) is 2.84. The van der Waals surface area contributed by atoms with Gasteiger partial charge in [0.05, 0.1) is 5.02 Å². The maximum atomic E-state index is 11.8. The Morgan fingerprint density at radius 1 is 1.52 bits per heavy atom. The Morgan fingerprint density at radius 2 is 2.28 bits per heavy atom. The number of hydrogen-bond donors (Lipinski definition) is 2. The molecule has 0 spiro atoms. The highest BCUT2D eigenvalue weighted by atomic mass is 35.5. The first-order valence-electron chi connectivity index (χ1n) is 8.33. The van der Waals surface area contributed by atoms with Crippen molar-refractivity contribution in [1.29, 1.82) is 0 Å². The standard InChI is InChI=1S/C17H26ClN5O2/c1-17(2,3)25-14(24)10-21-16(19-4)22-12-7-9-23(11-12)15-13(18)6-5-8-20-15/h5-6,8,12H,7,9-11H2,1-4H3,(H2,19,21,22). The van der Waals surface area contributed by atoms with Gasteiger partial charge in [-0.05, 0) is 39.3 Å². The van der Waals surface area contributed by atoms with Gasteiger partial charge in [-0.3, -0.25) is 9.79 Å². The van der Waals surface area contributed by atoms with Crippen molar-refractivity contribution in [2.45, 2.75) is 38.8 Å². The van der Waals surface area contributed by atoms with Gasteiger partial charge < -0.3 is 20.3 Å². The van der Waals surface area contributed by atoms with Crippen LogP contribution in [0.15, 0.2) is 23.3 Å². The lowest BCUT2D eigenvalue weighted by molar-refractivity contribution is -0.153. The van der Waals surface area contributed by atoms with Crippen molar-refractivity contribution in [2.75, 3.05) is 31.6 Å². The molecule has 1 unspecified atom stereocenters. The summed E-state index contributed by atoms with van der Waals surface area (Å²) in [5.74, 6) is 1.05. The molecule has 2 N–H and O–H groups in total. The number of halogens is 1. The monoisotopic (exact) mass is 367 g/mol. The smallest absolute Gasteiger partial charge is 0.325 e. The number of ether oxygens (including phenoxy) is 1. The van der Waals surface area contributed by atoms with E-state index in [0.717, 1.165) is 25.3 Å². The molecule has 1 aromatic heterocycles. The molecule has 0 amide bonds. The molecule has 1 aromatic rings. The molecule has 7 nitrogen and oxygen atoms in total. The number of guanidine groups is 1. The number of carbonyl (C=O) groups excluding carboxylic acids is 1. The lowest BCUT2D eigenvalue weighted by Gasteiger charge is -2.21. The van der Waals surface area contributed by atoms with Crippen LogP contribution in [0.5, 0.6) is 0 Å².